The van der Waals surface area contributed by atoms with E-state index >= 15 is 0 Å². The van der Waals surface area contributed by atoms with Gasteiger partial charge in [-0.3, -0.25) is 4.79 Å². The van der Waals surface area contributed by atoms with Gasteiger partial charge in [-0.15, -0.1) is 12.4 Å². The molecule has 21 heavy (non-hydrogen) atoms. The number of halogens is 2. The second kappa shape index (κ2) is 7.40. The number of nitrogens with two attached hydrogens (primary N) is 1. The van der Waals surface area contributed by atoms with Crippen LogP contribution in [-0.4, -0.2) is 22.1 Å². The van der Waals surface area contributed by atoms with Gasteiger partial charge in [-0.25, -0.2) is 0 Å². The molecule has 114 valence electrons. The van der Waals surface area contributed by atoms with E-state index in [4.69, 9.17) is 21.9 Å². The molecular formula is C13H16Cl2N4O2. The van der Waals surface area contributed by atoms with Crippen molar-refractivity contribution in [2.75, 3.05) is 0 Å². The maximum Gasteiger partial charge on any atom is 0.257 e. The van der Waals surface area contributed by atoms with E-state index in [0.29, 0.717) is 16.7 Å². The quantitative estimate of drug-likeness (QED) is 0.897. The molecule has 0 bridgehead atoms. The number of hydrogen-bond donors (Lipinski definition) is 2. The third-order valence-corrected chi connectivity index (χ3v) is 2.94. The van der Waals surface area contributed by atoms with E-state index in [2.05, 4.69) is 15.5 Å². The monoisotopic (exact) mass is 330 g/mol. The highest BCUT2D eigenvalue weighted by Gasteiger charge is 2.18. The minimum atomic E-state index is -0.583. The highest BCUT2D eigenvalue weighted by molar-refractivity contribution is 6.30. The molecule has 0 saturated heterocycles. The Bertz CT molecular complexity index is 598. The Kier molecular flexibility index (Phi) is 6.14. The Hall–Kier alpha value is -1.63. The minimum Gasteiger partial charge on any atom is -0.345 e. The predicted molar refractivity (Wildman–Crippen MR) is 82.2 cm³/mol. The molecule has 0 aliphatic heterocycles. The summed E-state index contributed by atoms with van der Waals surface area (Å²) < 4.78 is 5.17. The molecule has 0 aliphatic carbocycles. The van der Waals surface area contributed by atoms with E-state index in [1.165, 1.54) is 0 Å². The highest BCUT2D eigenvalue weighted by Crippen LogP contribution is 2.21. The van der Waals surface area contributed by atoms with Gasteiger partial charge in [0.15, 0.2) is 5.82 Å². The van der Waals surface area contributed by atoms with Gasteiger partial charge in [-0.1, -0.05) is 16.8 Å². The maximum absolute atomic E-state index is 11.5. The molecule has 1 aromatic carbocycles. The molecule has 1 aromatic heterocycles. The predicted octanol–water partition coefficient (Wildman–Crippen LogP) is 2.34. The van der Waals surface area contributed by atoms with Crippen LogP contribution in [0.3, 0.4) is 0 Å². The second-order valence-electron chi connectivity index (χ2n) is 4.48. The fraction of sp³-hybridized carbons (Fsp3) is 0.308. The smallest absolute Gasteiger partial charge is 0.257 e. The zero-order chi connectivity index (χ0) is 14.7. The minimum absolute atomic E-state index is 0. The molecule has 2 rings (SSSR count). The summed E-state index contributed by atoms with van der Waals surface area (Å²) in [7, 11) is 0. The summed E-state index contributed by atoms with van der Waals surface area (Å²) in [4.78, 5) is 15.7. The lowest BCUT2D eigenvalue weighted by Gasteiger charge is -2.11. The van der Waals surface area contributed by atoms with Crippen LogP contribution in [0.1, 0.15) is 25.7 Å². The molecule has 6 nitrogen and oxygen atoms in total. The normalized spacial score (nSPS) is 13.1. The molecule has 0 radical (unpaired) electrons. The van der Waals surface area contributed by atoms with E-state index in [1.807, 2.05) is 0 Å². The largest absolute Gasteiger partial charge is 0.345 e. The molecule has 2 aromatic rings. The molecule has 3 N–H and O–H groups in total. The Morgan fingerprint density at radius 1 is 1.33 bits per heavy atom. The fourth-order valence-electron chi connectivity index (χ4n) is 1.53. The first kappa shape index (κ1) is 17.4. The van der Waals surface area contributed by atoms with E-state index in [9.17, 15) is 4.79 Å². The number of amides is 1. The first-order valence-electron chi connectivity index (χ1n) is 6.13. The van der Waals surface area contributed by atoms with Crippen molar-refractivity contribution < 1.29 is 9.32 Å². The van der Waals surface area contributed by atoms with Crippen LogP contribution in [0.15, 0.2) is 28.8 Å². The Morgan fingerprint density at radius 3 is 2.52 bits per heavy atom. The summed E-state index contributed by atoms with van der Waals surface area (Å²) >= 11 is 5.82. The lowest BCUT2D eigenvalue weighted by atomic mass is 10.2. The highest BCUT2D eigenvalue weighted by atomic mass is 35.5. The number of carbonyl (C=O) groups is 1. The third kappa shape index (κ3) is 4.42. The number of rotatable bonds is 4. The van der Waals surface area contributed by atoms with Gasteiger partial charge in [-0.05, 0) is 38.1 Å². The van der Waals surface area contributed by atoms with E-state index < -0.39 is 6.04 Å². The van der Waals surface area contributed by atoms with Gasteiger partial charge < -0.3 is 15.6 Å². The maximum atomic E-state index is 11.5. The number of hydrogen-bond acceptors (Lipinski definition) is 5. The van der Waals surface area contributed by atoms with Gasteiger partial charge >= 0.3 is 0 Å². The van der Waals surface area contributed by atoms with Gasteiger partial charge in [0, 0.05) is 10.6 Å². The zero-order valence-corrected chi connectivity index (χ0v) is 13.1. The molecular weight excluding hydrogens is 315 g/mol. The van der Waals surface area contributed by atoms with Crippen molar-refractivity contribution in [1.29, 1.82) is 0 Å². The molecule has 0 saturated carbocycles. The number of benzene rings is 1. The summed E-state index contributed by atoms with van der Waals surface area (Å²) in [6.07, 6.45) is 0. The van der Waals surface area contributed by atoms with Gasteiger partial charge in [-0.2, -0.15) is 4.98 Å². The molecule has 2 atom stereocenters. The average molecular weight is 331 g/mol. The second-order valence-corrected chi connectivity index (χ2v) is 4.92. The Balaban J connectivity index is 0.00000220. The Labute approximate surface area is 133 Å². The number of carbonyl (C=O) groups excluding carboxylic acids is 1. The van der Waals surface area contributed by atoms with Crippen LogP contribution in [0.5, 0.6) is 0 Å². The molecule has 8 heteroatoms. The summed E-state index contributed by atoms with van der Waals surface area (Å²) in [5.41, 5.74) is 6.25. The van der Waals surface area contributed by atoms with Crippen LogP contribution < -0.4 is 11.1 Å². The van der Waals surface area contributed by atoms with Crippen molar-refractivity contribution in [2.24, 2.45) is 5.73 Å². The Morgan fingerprint density at radius 2 is 1.95 bits per heavy atom. The van der Waals surface area contributed by atoms with Gasteiger partial charge in [0.2, 0.25) is 5.91 Å². The van der Waals surface area contributed by atoms with E-state index in [0.717, 1.165) is 5.56 Å². The van der Waals surface area contributed by atoms with Crippen molar-refractivity contribution in [3.05, 3.63) is 35.1 Å². The number of aromatic nitrogens is 2. The van der Waals surface area contributed by atoms with Crippen LogP contribution in [0.25, 0.3) is 11.5 Å². The molecule has 1 unspecified atom stereocenters. The van der Waals surface area contributed by atoms with E-state index in [-0.39, 0.29) is 24.4 Å². The van der Waals surface area contributed by atoms with Crippen LogP contribution >= 0.6 is 24.0 Å². The SMILES string of the molecule is CC(NC(=O)[C@@H](C)N)c1noc(-c2ccc(Cl)cc2)n1.Cl. The first-order chi connectivity index (χ1) is 9.47. The zero-order valence-electron chi connectivity index (χ0n) is 11.5. The van der Waals surface area contributed by atoms with E-state index in [1.54, 1.807) is 38.1 Å². The van der Waals surface area contributed by atoms with Crippen molar-refractivity contribution in [2.45, 2.75) is 25.9 Å². The van der Waals surface area contributed by atoms with Crippen molar-refractivity contribution in [1.82, 2.24) is 15.5 Å². The van der Waals surface area contributed by atoms with Gasteiger partial charge in [0.1, 0.15) is 0 Å². The lowest BCUT2D eigenvalue weighted by Crippen LogP contribution is -2.39. The third-order valence-electron chi connectivity index (χ3n) is 2.69. The number of nitrogens with zero attached hydrogens (tertiary/aromatic N) is 2. The lowest BCUT2D eigenvalue weighted by molar-refractivity contribution is -0.122. The van der Waals surface area contributed by atoms with Crippen LogP contribution in [-0.2, 0) is 4.79 Å². The van der Waals surface area contributed by atoms with Crippen LogP contribution in [0.4, 0.5) is 0 Å². The van der Waals surface area contributed by atoms with Crippen molar-refractivity contribution >= 4 is 29.9 Å². The molecule has 1 heterocycles. The average Bonchev–Trinajstić information content (AvgIpc) is 2.89. The van der Waals surface area contributed by atoms with Gasteiger partial charge in [0.25, 0.3) is 5.89 Å². The first-order valence-corrected chi connectivity index (χ1v) is 6.50. The summed E-state index contributed by atoms with van der Waals surface area (Å²) in [6, 6.07) is 6.08. The molecule has 1 amide bonds. The standard InChI is InChI=1S/C13H15ClN4O2.ClH/c1-7(15)12(19)16-8(2)11-17-13(20-18-11)9-3-5-10(14)6-4-9;/h3-8H,15H2,1-2H3,(H,16,19);1H/t7-,8?;/m1./s1. The molecule has 0 aliphatic rings. The van der Waals surface area contributed by atoms with Crippen LogP contribution in [0.2, 0.25) is 5.02 Å². The van der Waals surface area contributed by atoms with Crippen molar-refractivity contribution in [3.63, 3.8) is 0 Å². The molecule has 0 fully saturated rings. The number of nitrogens with one attached hydrogen (secondary N) is 1. The fourth-order valence-corrected chi connectivity index (χ4v) is 1.66. The topological polar surface area (TPSA) is 94.0 Å². The summed E-state index contributed by atoms with van der Waals surface area (Å²) in [6.45, 7) is 3.37. The summed E-state index contributed by atoms with van der Waals surface area (Å²) in [5.74, 6) is 0.498. The summed E-state index contributed by atoms with van der Waals surface area (Å²) in [5, 5.41) is 7.18. The van der Waals surface area contributed by atoms with Crippen molar-refractivity contribution in [3.8, 4) is 11.5 Å². The molecule has 0 spiro atoms. The van der Waals surface area contributed by atoms with Crippen LogP contribution in [0, 0.1) is 0 Å². The van der Waals surface area contributed by atoms with Gasteiger partial charge in [0.05, 0.1) is 12.1 Å².